The van der Waals surface area contributed by atoms with Gasteiger partial charge in [-0.05, 0) is 31.1 Å². The molecule has 2 heterocycles. The smallest absolute Gasteiger partial charge is 0.329 e. The Labute approximate surface area is 119 Å². The van der Waals surface area contributed by atoms with Crippen LogP contribution in [-0.4, -0.2) is 40.0 Å². The van der Waals surface area contributed by atoms with Crippen LogP contribution in [0.2, 0.25) is 0 Å². The molecule has 5 heteroatoms. The molecule has 2 saturated heterocycles. The van der Waals surface area contributed by atoms with Gasteiger partial charge in [-0.3, -0.25) is 4.79 Å². The van der Waals surface area contributed by atoms with Crippen LogP contribution in [0, 0.1) is 11.8 Å². The molecule has 112 valence electrons. The maximum Gasteiger partial charge on any atom is 0.329 e. The van der Waals surface area contributed by atoms with E-state index < -0.39 is 17.6 Å². The van der Waals surface area contributed by atoms with Crippen molar-refractivity contribution >= 4 is 11.9 Å². The Kier molecular flexibility index (Phi) is 3.48. The Morgan fingerprint density at radius 3 is 2.50 bits per heavy atom. The van der Waals surface area contributed by atoms with E-state index in [1.54, 1.807) is 4.90 Å². The lowest BCUT2D eigenvalue weighted by Crippen LogP contribution is -2.57. The molecule has 4 fully saturated rings. The molecule has 4 aliphatic rings. The van der Waals surface area contributed by atoms with Crippen molar-refractivity contribution in [3.8, 4) is 0 Å². The molecule has 2 aliphatic heterocycles. The highest BCUT2D eigenvalue weighted by Crippen LogP contribution is 2.50. The van der Waals surface area contributed by atoms with Gasteiger partial charge in [-0.25, -0.2) is 4.79 Å². The molecule has 1 amide bonds. The third-order valence-electron chi connectivity index (χ3n) is 5.50. The van der Waals surface area contributed by atoms with Crippen molar-refractivity contribution < 1.29 is 14.7 Å². The van der Waals surface area contributed by atoms with Crippen molar-refractivity contribution in [1.29, 1.82) is 0 Å². The maximum atomic E-state index is 12.5. The standard InChI is InChI=1S/C15H24N2O3/c16-12(6-10-4-2-1-3-5-10)13(18)17-9-11-7-15(17,8-11)14(19)20/h10-12H,1-9,16H2,(H,19,20). The number of nitrogens with two attached hydrogens (primary N) is 1. The van der Waals surface area contributed by atoms with Gasteiger partial charge in [0.25, 0.3) is 0 Å². The lowest BCUT2D eigenvalue weighted by atomic mass is 9.73. The number of aliphatic carboxylic acids is 1. The summed E-state index contributed by atoms with van der Waals surface area (Å²) in [7, 11) is 0. The molecule has 2 aliphatic carbocycles. The summed E-state index contributed by atoms with van der Waals surface area (Å²) in [6.07, 6.45) is 8.02. The Morgan fingerprint density at radius 1 is 1.25 bits per heavy atom. The van der Waals surface area contributed by atoms with E-state index in [9.17, 15) is 14.7 Å². The Bertz CT molecular complexity index is 411. The first kappa shape index (κ1) is 13.9. The van der Waals surface area contributed by atoms with Crippen LogP contribution < -0.4 is 5.73 Å². The first-order valence-electron chi connectivity index (χ1n) is 7.83. The molecule has 2 saturated carbocycles. The van der Waals surface area contributed by atoms with E-state index in [1.165, 1.54) is 19.3 Å². The first-order valence-corrected chi connectivity index (χ1v) is 7.83. The zero-order valence-electron chi connectivity index (χ0n) is 11.9. The van der Waals surface area contributed by atoms with Crippen LogP contribution in [0.25, 0.3) is 0 Å². The fraction of sp³-hybridized carbons (Fsp3) is 0.867. The monoisotopic (exact) mass is 280 g/mol. The Morgan fingerprint density at radius 2 is 1.90 bits per heavy atom. The van der Waals surface area contributed by atoms with Gasteiger partial charge in [0.15, 0.2) is 0 Å². The van der Waals surface area contributed by atoms with Crippen molar-refractivity contribution in [2.45, 2.75) is 62.9 Å². The molecule has 0 radical (unpaired) electrons. The highest BCUT2D eigenvalue weighted by molar-refractivity contribution is 5.91. The normalized spacial score (nSPS) is 34.6. The number of carboxylic acids is 1. The molecule has 0 spiro atoms. The third kappa shape index (κ3) is 2.12. The molecule has 4 rings (SSSR count). The van der Waals surface area contributed by atoms with Gasteiger partial charge in [0.2, 0.25) is 5.91 Å². The fourth-order valence-corrected chi connectivity index (χ4v) is 4.35. The third-order valence-corrected chi connectivity index (χ3v) is 5.50. The SMILES string of the molecule is NC(CC1CCCCC1)C(=O)N1CC2CC1(C(=O)O)C2. The van der Waals surface area contributed by atoms with Gasteiger partial charge in [0, 0.05) is 6.54 Å². The number of carbonyl (C=O) groups is 2. The van der Waals surface area contributed by atoms with E-state index in [0.717, 1.165) is 19.3 Å². The molecule has 0 aromatic carbocycles. The molecule has 0 aromatic heterocycles. The van der Waals surface area contributed by atoms with Crippen molar-refractivity contribution in [2.75, 3.05) is 6.54 Å². The van der Waals surface area contributed by atoms with E-state index in [2.05, 4.69) is 0 Å². The van der Waals surface area contributed by atoms with Gasteiger partial charge in [0.05, 0.1) is 6.04 Å². The molecule has 5 nitrogen and oxygen atoms in total. The molecule has 0 aromatic rings. The molecular formula is C15H24N2O3. The zero-order valence-corrected chi connectivity index (χ0v) is 11.9. The summed E-state index contributed by atoms with van der Waals surface area (Å²) in [5.41, 5.74) is 5.16. The largest absolute Gasteiger partial charge is 0.479 e. The quantitative estimate of drug-likeness (QED) is 0.814. The minimum absolute atomic E-state index is 0.141. The molecule has 1 unspecified atom stereocenters. The van der Waals surface area contributed by atoms with E-state index in [1.807, 2.05) is 0 Å². The van der Waals surface area contributed by atoms with Gasteiger partial charge >= 0.3 is 5.97 Å². The second-order valence-corrected chi connectivity index (χ2v) is 6.91. The summed E-state index contributed by atoms with van der Waals surface area (Å²) in [4.78, 5) is 25.5. The van der Waals surface area contributed by atoms with Crippen LogP contribution in [0.15, 0.2) is 0 Å². The number of amides is 1. The highest BCUT2D eigenvalue weighted by atomic mass is 16.4. The van der Waals surface area contributed by atoms with Crippen molar-refractivity contribution in [3.63, 3.8) is 0 Å². The summed E-state index contributed by atoms with van der Waals surface area (Å²) in [5, 5.41) is 9.40. The topological polar surface area (TPSA) is 83.6 Å². The van der Waals surface area contributed by atoms with Crippen LogP contribution in [0.1, 0.15) is 51.4 Å². The van der Waals surface area contributed by atoms with Crippen molar-refractivity contribution in [1.82, 2.24) is 4.90 Å². The number of fused-ring (bicyclic) bond motifs is 1. The van der Waals surface area contributed by atoms with Gasteiger partial charge < -0.3 is 15.7 Å². The number of hydrogen-bond acceptors (Lipinski definition) is 3. The maximum absolute atomic E-state index is 12.5. The number of rotatable bonds is 4. The lowest BCUT2D eigenvalue weighted by molar-refractivity contribution is -0.159. The van der Waals surface area contributed by atoms with Crippen LogP contribution in [-0.2, 0) is 9.59 Å². The van der Waals surface area contributed by atoms with Crippen molar-refractivity contribution in [3.05, 3.63) is 0 Å². The van der Waals surface area contributed by atoms with Gasteiger partial charge in [-0.15, -0.1) is 0 Å². The lowest BCUT2D eigenvalue weighted by Gasteiger charge is -2.39. The molecule has 3 N–H and O–H groups in total. The predicted octanol–water partition coefficient (Wildman–Crippen LogP) is 1.36. The van der Waals surface area contributed by atoms with Gasteiger partial charge in [-0.2, -0.15) is 0 Å². The minimum atomic E-state index is -0.925. The van der Waals surface area contributed by atoms with Gasteiger partial charge in [-0.1, -0.05) is 32.1 Å². The van der Waals surface area contributed by atoms with E-state index in [0.29, 0.717) is 31.2 Å². The number of nitrogens with zero attached hydrogens (tertiary/aromatic N) is 1. The average molecular weight is 280 g/mol. The van der Waals surface area contributed by atoms with Gasteiger partial charge in [0.1, 0.15) is 5.54 Å². The molecule has 1 atom stereocenters. The van der Waals surface area contributed by atoms with Crippen LogP contribution >= 0.6 is 0 Å². The van der Waals surface area contributed by atoms with E-state index in [4.69, 9.17) is 5.73 Å². The summed E-state index contributed by atoms with van der Waals surface area (Å²) in [5.74, 6) is -0.0829. The second-order valence-electron chi connectivity index (χ2n) is 6.91. The summed E-state index contributed by atoms with van der Waals surface area (Å²) in [6, 6.07) is -0.520. The Hall–Kier alpha value is -1.10. The second kappa shape index (κ2) is 5.02. The first-order chi connectivity index (χ1) is 9.53. The zero-order chi connectivity index (χ0) is 14.3. The number of carbonyl (C=O) groups excluding carboxylic acids is 1. The summed E-state index contributed by atoms with van der Waals surface area (Å²) in [6.45, 7) is 0.587. The Balaban J connectivity index is 1.62. The van der Waals surface area contributed by atoms with E-state index >= 15 is 0 Å². The number of carboxylic acid groups (broad SMARTS) is 1. The minimum Gasteiger partial charge on any atom is -0.479 e. The predicted molar refractivity (Wildman–Crippen MR) is 74.0 cm³/mol. The van der Waals surface area contributed by atoms with Crippen molar-refractivity contribution in [2.24, 2.45) is 17.6 Å². The van der Waals surface area contributed by atoms with Crippen LogP contribution in [0.4, 0.5) is 0 Å². The molecule has 2 bridgehead atoms. The van der Waals surface area contributed by atoms with Crippen LogP contribution in [0.3, 0.4) is 0 Å². The summed E-state index contributed by atoms with van der Waals surface area (Å²) < 4.78 is 0. The average Bonchev–Trinajstić information content (AvgIpc) is 2.94. The fourth-order valence-electron chi connectivity index (χ4n) is 4.35. The molecular weight excluding hydrogens is 256 g/mol. The number of hydrogen-bond donors (Lipinski definition) is 2. The van der Waals surface area contributed by atoms with Crippen LogP contribution in [0.5, 0.6) is 0 Å². The molecule has 20 heavy (non-hydrogen) atoms. The highest BCUT2D eigenvalue weighted by Gasteiger charge is 2.63. The van der Waals surface area contributed by atoms with E-state index in [-0.39, 0.29) is 5.91 Å². The summed E-state index contributed by atoms with van der Waals surface area (Å²) >= 11 is 0.